The minimum absolute atomic E-state index is 0.115. The molecule has 1 aromatic carbocycles. The maximum Gasteiger partial charge on any atom is 0.314 e. The summed E-state index contributed by atoms with van der Waals surface area (Å²) in [5, 5.41) is 5.72. The van der Waals surface area contributed by atoms with Gasteiger partial charge in [0.25, 0.3) is 0 Å². The van der Waals surface area contributed by atoms with E-state index < -0.39 is 0 Å². The number of hydrogen-bond acceptors (Lipinski definition) is 4. The zero-order valence-electron chi connectivity index (χ0n) is 14.3. The molecule has 0 saturated carbocycles. The Labute approximate surface area is 147 Å². The van der Waals surface area contributed by atoms with Crippen LogP contribution in [0.5, 0.6) is 5.75 Å². The first-order chi connectivity index (χ1) is 11.6. The number of aryl methyl sites for hydroxylation is 1. The van der Waals surface area contributed by atoms with Crippen molar-refractivity contribution in [3.05, 3.63) is 51.7 Å². The summed E-state index contributed by atoms with van der Waals surface area (Å²) in [6.07, 6.45) is 0.658. The van der Waals surface area contributed by atoms with Gasteiger partial charge in [0.2, 0.25) is 0 Å². The van der Waals surface area contributed by atoms with Gasteiger partial charge in [-0.25, -0.2) is 4.79 Å². The third-order valence-electron chi connectivity index (χ3n) is 3.67. The quantitative estimate of drug-likeness (QED) is 0.769. The molecule has 2 amide bonds. The van der Waals surface area contributed by atoms with Crippen LogP contribution in [0.4, 0.5) is 4.79 Å². The number of rotatable bonds is 8. The van der Waals surface area contributed by atoms with E-state index in [1.807, 2.05) is 30.3 Å². The Kier molecular flexibility index (Phi) is 7.08. The topological polar surface area (TPSA) is 59.6 Å². The number of nitrogens with one attached hydrogen (secondary N) is 2. The predicted octanol–water partition coefficient (Wildman–Crippen LogP) is 3.29. The Morgan fingerprint density at radius 3 is 2.46 bits per heavy atom. The summed E-state index contributed by atoms with van der Waals surface area (Å²) < 4.78 is 10.6. The van der Waals surface area contributed by atoms with Gasteiger partial charge in [0.1, 0.15) is 11.9 Å². The Morgan fingerprint density at radius 2 is 1.88 bits per heavy atom. The van der Waals surface area contributed by atoms with Crippen LogP contribution in [0.15, 0.2) is 36.4 Å². The van der Waals surface area contributed by atoms with Gasteiger partial charge in [-0.2, -0.15) is 0 Å². The Hall–Kier alpha value is -2.05. The number of ether oxygens (including phenoxy) is 2. The van der Waals surface area contributed by atoms with Gasteiger partial charge in [-0.05, 0) is 43.2 Å². The molecule has 2 rings (SSSR count). The molecule has 0 radical (unpaired) electrons. The van der Waals surface area contributed by atoms with Gasteiger partial charge in [0.15, 0.2) is 0 Å². The average Bonchev–Trinajstić information content (AvgIpc) is 3.02. The van der Waals surface area contributed by atoms with Crippen molar-refractivity contribution in [1.29, 1.82) is 0 Å². The summed E-state index contributed by atoms with van der Waals surface area (Å²) in [6, 6.07) is 11.7. The molecule has 130 valence electrons. The molecular weight excluding hydrogens is 324 g/mol. The van der Waals surface area contributed by atoms with Gasteiger partial charge in [-0.3, -0.25) is 0 Å². The molecule has 6 heteroatoms. The highest BCUT2D eigenvalue weighted by Gasteiger charge is 2.13. The molecule has 24 heavy (non-hydrogen) atoms. The van der Waals surface area contributed by atoms with Gasteiger partial charge in [-0.15, -0.1) is 11.3 Å². The standard InChI is InChI=1S/C18H24N2O3S/c1-13-4-9-17(24-13)16(23-3)12-20-18(21)19-11-10-14-5-7-15(22-2)8-6-14/h4-9,16H,10-12H2,1-3H3,(H2,19,20,21). The maximum atomic E-state index is 11.9. The van der Waals surface area contributed by atoms with Crippen molar-refractivity contribution in [2.45, 2.75) is 19.4 Å². The van der Waals surface area contributed by atoms with E-state index >= 15 is 0 Å². The van der Waals surface area contributed by atoms with Crippen LogP contribution in [0.3, 0.4) is 0 Å². The smallest absolute Gasteiger partial charge is 0.314 e. The zero-order valence-corrected chi connectivity index (χ0v) is 15.1. The fourth-order valence-electron chi connectivity index (χ4n) is 2.29. The van der Waals surface area contributed by atoms with Crippen LogP contribution in [0.2, 0.25) is 0 Å². The van der Waals surface area contributed by atoms with Crippen molar-refractivity contribution < 1.29 is 14.3 Å². The summed E-state index contributed by atoms with van der Waals surface area (Å²) in [7, 11) is 3.30. The Balaban J connectivity index is 1.70. The third-order valence-corrected chi connectivity index (χ3v) is 4.76. The van der Waals surface area contributed by atoms with Crippen molar-refractivity contribution in [2.24, 2.45) is 0 Å². The monoisotopic (exact) mass is 348 g/mol. The Bertz CT molecular complexity index is 640. The van der Waals surface area contributed by atoms with E-state index in [0.29, 0.717) is 13.1 Å². The lowest BCUT2D eigenvalue weighted by Gasteiger charge is -2.15. The second-order valence-corrected chi connectivity index (χ2v) is 6.73. The van der Waals surface area contributed by atoms with Crippen molar-refractivity contribution in [2.75, 3.05) is 27.3 Å². The van der Waals surface area contributed by atoms with Gasteiger partial charge in [-0.1, -0.05) is 12.1 Å². The van der Waals surface area contributed by atoms with Crippen molar-refractivity contribution in [3.63, 3.8) is 0 Å². The minimum Gasteiger partial charge on any atom is -0.497 e. The number of carbonyl (C=O) groups is 1. The van der Waals surface area contributed by atoms with Gasteiger partial charge < -0.3 is 20.1 Å². The highest BCUT2D eigenvalue weighted by molar-refractivity contribution is 7.12. The lowest BCUT2D eigenvalue weighted by atomic mass is 10.1. The number of urea groups is 1. The molecular formula is C18H24N2O3S. The molecule has 0 spiro atoms. The SMILES string of the molecule is COc1ccc(CCNC(=O)NCC(OC)c2ccc(C)s2)cc1. The molecule has 0 aliphatic rings. The molecule has 1 heterocycles. The predicted molar refractivity (Wildman–Crippen MR) is 96.9 cm³/mol. The molecule has 5 nitrogen and oxygen atoms in total. The molecule has 0 aliphatic carbocycles. The number of carbonyl (C=O) groups excluding carboxylic acids is 1. The van der Waals surface area contributed by atoms with Gasteiger partial charge in [0.05, 0.1) is 13.7 Å². The molecule has 0 fully saturated rings. The van der Waals surface area contributed by atoms with E-state index in [2.05, 4.69) is 23.6 Å². The van der Waals surface area contributed by atoms with E-state index in [0.717, 1.165) is 22.6 Å². The van der Waals surface area contributed by atoms with E-state index in [-0.39, 0.29) is 12.1 Å². The number of amides is 2. The highest BCUT2D eigenvalue weighted by Crippen LogP contribution is 2.24. The van der Waals surface area contributed by atoms with Crippen molar-refractivity contribution in [3.8, 4) is 5.75 Å². The first-order valence-corrected chi connectivity index (χ1v) is 8.67. The average molecular weight is 348 g/mol. The van der Waals surface area contributed by atoms with E-state index in [4.69, 9.17) is 9.47 Å². The fourth-order valence-corrected chi connectivity index (χ4v) is 3.24. The first kappa shape index (κ1) is 18.3. The van der Waals surface area contributed by atoms with E-state index in [9.17, 15) is 4.79 Å². The number of benzene rings is 1. The maximum absolute atomic E-state index is 11.9. The van der Waals surface area contributed by atoms with E-state index in [1.54, 1.807) is 25.6 Å². The largest absolute Gasteiger partial charge is 0.497 e. The van der Waals surface area contributed by atoms with Gasteiger partial charge in [0, 0.05) is 23.4 Å². The van der Waals surface area contributed by atoms with Crippen LogP contribution >= 0.6 is 11.3 Å². The molecule has 1 aromatic heterocycles. The van der Waals surface area contributed by atoms with Gasteiger partial charge >= 0.3 is 6.03 Å². The lowest BCUT2D eigenvalue weighted by Crippen LogP contribution is -2.38. The van der Waals surface area contributed by atoms with Crippen molar-refractivity contribution >= 4 is 17.4 Å². The summed E-state index contributed by atoms with van der Waals surface area (Å²) in [5.74, 6) is 0.832. The number of thiophene rings is 1. The molecule has 2 aromatic rings. The second kappa shape index (κ2) is 9.30. The number of hydrogen-bond donors (Lipinski definition) is 2. The van der Waals surface area contributed by atoms with Crippen LogP contribution in [-0.4, -0.2) is 33.3 Å². The fraction of sp³-hybridized carbons (Fsp3) is 0.389. The van der Waals surface area contributed by atoms with Crippen LogP contribution < -0.4 is 15.4 Å². The van der Waals surface area contributed by atoms with Crippen LogP contribution in [0.25, 0.3) is 0 Å². The lowest BCUT2D eigenvalue weighted by molar-refractivity contribution is 0.107. The summed E-state index contributed by atoms with van der Waals surface area (Å²) in [5.41, 5.74) is 1.15. The number of methoxy groups -OCH3 is 2. The summed E-state index contributed by atoms with van der Waals surface area (Å²) in [6.45, 7) is 3.08. The molecule has 1 unspecified atom stereocenters. The molecule has 0 saturated heterocycles. The molecule has 2 N–H and O–H groups in total. The van der Waals surface area contributed by atoms with Crippen molar-refractivity contribution in [1.82, 2.24) is 10.6 Å². The Morgan fingerprint density at radius 1 is 1.12 bits per heavy atom. The molecule has 0 aliphatic heterocycles. The van der Waals surface area contributed by atoms with Crippen LogP contribution in [0, 0.1) is 6.92 Å². The normalized spacial score (nSPS) is 11.8. The third kappa shape index (κ3) is 5.54. The second-order valence-electron chi connectivity index (χ2n) is 5.41. The van der Waals surface area contributed by atoms with Crippen LogP contribution in [-0.2, 0) is 11.2 Å². The minimum atomic E-state index is -0.182. The van der Waals surface area contributed by atoms with Crippen LogP contribution in [0.1, 0.15) is 21.4 Å². The zero-order chi connectivity index (χ0) is 17.4. The summed E-state index contributed by atoms with van der Waals surface area (Å²) in [4.78, 5) is 14.2. The summed E-state index contributed by atoms with van der Waals surface area (Å²) >= 11 is 1.68. The molecule has 0 bridgehead atoms. The first-order valence-electron chi connectivity index (χ1n) is 7.86. The van der Waals surface area contributed by atoms with E-state index in [1.165, 1.54) is 4.88 Å². The molecule has 1 atom stereocenters. The highest BCUT2D eigenvalue weighted by atomic mass is 32.1.